The van der Waals surface area contributed by atoms with Gasteiger partial charge in [0.15, 0.2) is 0 Å². The highest BCUT2D eigenvalue weighted by molar-refractivity contribution is 7.84. The zero-order valence-corrected chi connectivity index (χ0v) is 11.7. The molecule has 0 aliphatic rings. The highest BCUT2D eigenvalue weighted by Gasteiger charge is 2.12. The van der Waals surface area contributed by atoms with Crippen molar-refractivity contribution < 1.29 is 14.1 Å². The standard InChI is InChI=1S/C13H19NO3S/c1-9-5-4-6-11(13(15)16)12(9)14-8-7-10(2)18(3)17/h4-6,10,14H,7-8H2,1-3H3,(H,15,16). The molecule has 2 N–H and O–H groups in total. The van der Waals surface area contributed by atoms with Crippen LogP contribution in [0.2, 0.25) is 0 Å². The molecular weight excluding hydrogens is 250 g/mol. The lowest BCUT2D eigenvalue weighted by Crippen LogP contribution is -2.16. The largest absolute Gasteiger partial charge is 0.478 e. The summed E-state index contributed by atoms with van der Waals surface area (Å²) in [4.78, 5) is 11.1. The number of carboxylic acid groups (broad SMARTS) is 1. The summed E-state index contributed by atoms with van der Waals surface area (Å²) >= 11 is 0. The zero-order chi connectivity index (χ0) is 13.7. The summed E-state index contributed by atoms with van der Waals surface area (Å²) in [5.41, 5.74) is 1.83. The van der Waals surface area contributed by atoms with Crippen LogP contribution in [0.5, 0.6) is 0 Å². The molecule has 0 saturated carbocycles. The smallest absolute Gasteiger partial charge is 0.337 e. The van der Waals surface area contributed by atoms with E-state index in [9.17, 15) is 9.00 Å². The van der Waals surface area contributed by atoms with Crippen LogP contribution in [0.3, 0.4) is 0 Å². The number of aryl methyl sites for hydroxylation is 1. The maximum absolute atomic E-state index is 11.2. The second-order valence-corrected chi connectivity index (χ2v) is 6.13. The Morgan fingerprint density at radius 2 is 2.17 bits per heavy atom. The summed E-state index contributed by atoms with van der Waals surface area (Å²) in [5, 5.41) is 12.3. The normalized spacial score (nSPS) is 13.9. The topological polar surface area (TPSA) is 66.4 Å². The first kappa shape index (κ1) is 14.7. The minimum Gasteiger partial charge on any atom is -0.478 e. The lowest BCUT2D eigenvalue weighted by atomic mass is 10.1. The fourth-order valence-corrected chi connectivity index (χ4v) is 2.10. The molecular formula is C13H19NO3S. The SMILES string of the molecule is Cc1cccc(C(=O)O)c1NCCC(C)S(C)=O. The van der Waals surface area contributed by atoms with Crippen LogP contribution < -0.4 is 5.32 Å². The van der Waals surface area contributed by atoms with Crippen molar-refractivity contribution in [1.29, 1.82) is 0 Å². The van der Waals surface area contributed by atoms with Crippen LogP contribution in [0, 0.1) is 6.92 Å². The Balaban J connectivity index is 2.72. The van der Waals surface area contributed by atoms with Crippen molar-refractivity contribution in [3.05, 3.63) is 29.3 Å². The van der Waals surface area contributed by atoms with Gasteiger partial charge in [0.05, 0.1) is 11.3 Å². The van der Waals surface area contributed by atoms with E-state index in [1.165, 1.54) is 0 Å². The van der Waals surface area contributed by atoms with Crippen LogP contribution >= 0.6 is 0 Å². The molecule has 0 radical (unpaired) electrons. The van der Waals surface area contributed by atoms with Crippen molar-refractivity contribution in [2.24, 2.45) is 0 Å². The van der Waals surface area contributed by atoms with Gasteiger partial charge >= 0.3 is 5.97 Å². The molecule has 0 spiro atoms. The molecule has 0 bridgehead atoms. The molecule has 1 aromatic rings. The number of nitrogens with one attached hydrogen (secondary N) is 1. The summed E-state index contributed by atoms with van der Waals surface area (Å²) in [6.07, 6.45) is 2.43. The van der Waals surface area contributed by atoms with E-state index in [1.807, 2.05) is 19.9 Å². The molecule has 100 valence electrons. The van der Waals surface area contributed by atoms with Gasteiger partial charge in [0.1, 0.15) is 0 Å². The Kier molecular flexibility index (Phi) is 5.34. The van der Waals surface area contributed by atoms with Gasteiger partial charge in [-0.2, -0.15) is 0 Å². The molecule has 0 amide bonds. The first-order valence-electron chi connectivity index (χ1n) is 5.82. The number of para-hydroxylation sites is 1. The third-order valence-electron chi connectivity index (χ3n) is 2.92. The third-order valence-corrected chi connectivity index (χ3v) is 4.29. The number of rotatable bonds is 6. The van der Waals surface area contributed by atoms with E-state index in [2.05, 4.69) is 5.32 Å². The summed E-state index contributed by atoms with van der Waals surface area (Å²) in [6, 6.07) is 5.18. The van der Waals surface area contributed by atoms with Crippen LogP contribution in [-0.2, 0) is 10.8 Å². The molecule has 0 fully saturated rings. The second kappa shape index (κ2) is 6.54. The molecule has 0 aliphatic carbocycles. The van der Waals surface area contributed by atoms with E-state index in [0.29, 0.717) is 12.2 Å². The molecule has 0 aromatic heterocycles. The Morgan fingerprint density at radius 1 is 1.50 bits per heavy atom. The first-order valence-corrected chi connectivity index (χ1v) is 7.44. The minimum absolute atomic E-state index is 0.106. The van der Waals surface area contributed by atoms with Crippen LogP contribution in [0.15, 0.2) is 18.2 Å². The summed E-state index contributed by atoms with van der Waals surface area (Å²) < 4.78 is 11.2. The van der Waals surface area contributed by atoms with Crippen molar-refractivity contribution in [2.75, 3.05) is 18.1 Å². The number of aromatic carboxylic acids is 1. The second-order valence-electron chi connectivity index (χ2n) is 4.33. The van der Waals surface area contributed by atoms with Crippen LogP contribution in [0.25, 0.3) is 0 Å². The van der Waals surface area contributed by atoms with Crippen molar-refractivity contribution in [1.82, 2.24) is 0 Å². The fraction of sp³-hybridized carbons (Fsp3) is 0.462. The van der Waals surface area contributed by atoms with Gasteiger partial charge in [0.25, 0.3) is 0 Å². The number of hydrogen-bond acceptors (Lipinski definition) is 3. The van der Waals surface area contributed by atoms with Crippen LogP contribution in [-0.4, -0.2) is 33.3 Å². The highest BCUT2D eigenvalue weighted by Crippen LogP contribution is 2.20. The Bertz CT molecular complexity index is 460. The molecule has 4 nitrogen and oxygen atoms in total. The van der Waals surface area contributed by atoms with Crippen molar-refractivity contribution >= 4 is 22.5 Å². The molecule has 1 aromatic carbocycles. The summed E-state index contributed by atoms with van der Waals surface area (Å²) in [6.45, 7) is 4.41. The predicted octanol–water partition coefficient (Wildman–Crippen LogP) is 2.26. The van der Waals surface area contributed by atoms with Gasteiger partial charge in [0.2, 0.25) is 0 Å². The minimum atomic E-state index is -0.937. The average Bonchev–Trinajstić information content (AvgIpc) is 2.30. The number of anilines is 1. The number of carboxylic acids is 1. The number of carbonyl (C=O) groups is 1. The average molecular weight is 269 g/mol. The molecule has 2 atom stereocenters. The van der Waals surface area contributed by atoms with Gasteiger partial charge in [-0.1, -0.05) is 19.1 Å². The monoisotopic (exact) mass is 269 g/mol. The third kappa shape index (κ3) is 3.84. The maximum atomic E-state index is 11.2. The van der Waals surface area contributed by atoms with Gasteiger partial charge in [-0.25, -0.2) is 4.79 Å². The Labute approximate surface area is 110 Å². The van der Waals surface area contributed by atoms with Gasteiger partial charge < -0.3 is 10.4 Å². The highest BCUT2D eigenvalue weighted by atomic mass is 32.2. The lowest BCUT2D eigenvalue weighted by molar-refractivity contribution is 0.0698. The van der Waals surface area contributed by atoms with Gasteiger partial charge in [-0.05, 0) is 25.0 Å². The van der Waals surface area contributed by atoms with Crippen LogP contribution in [0.1, 0.15) is 29.3 Å². The molecule has 0 saturated heterocycles. The van der Waals surface area contributed by atoms with Gasteiger partial charge in [0, 0.05) is 28.9 Å². The molecule has 2 unspecified atom stereocenters. The Hall–Kier alpha value is -1.36. The molecule has 5 heteroatoms. The quantitative estimate of drug-likeness (QED) is 0.831. The maximum Gasteiger partial charge on any atom is 0.337 e. The van der Waals surface area contributed by atoms with Gasteiger partial charge in [-0.15, -0.1) is 0 Å². The molecule has 1 rings (SSSR count). The first-order chi connectivity index (χ1) is 8.43. The predicted molar refractivity (Wildman–Crippen MR) is 74.8 cm³/mol. The van der Waals surface area contributed by atoms with E-state index in [4.69, 9.17) is 5.11 Å². The van der Waals surface area contributed by atoms with Crippen molar-refractivity contribution in [3.8, 4) is 0 Å². The zero-order valence-electron chi connectivity index (χ0n) is 10.9. The van der Waals surface area contributed by atoms with Crippen molar-refractivity contribution in [3.63, 3.8) is 0 Å². The van der Waals surface area contributed by atoms with E-state index < -0.39 is 16.8 Å². The van der Waals surface area contributed by atoms with E-state index in [1.54, 1.807) is 18.4 Å². The lowest BCUT2D eigenvalue weighted by Gasteiger charge is -2.14. The van der Waals surface area contributed by atoms with E-state index in [-0.39, 0.29) is 10.8 Å². The fourth-order valence-electron chi connectivity index (χ4n) is 1.65. The Morgan fingerprint density at radius 3 is 2.72 bits per heavy atom. The summed E-state index contributed by atoms with van der Waals surface area (Å²) in [5.74, 6) is -0.937. The molecule has 0 aliphatic heterocycles. The van der Waals surface area contributed by atoms with E-state index >= 15 is 0 Å². The number of benzene rings is 1. The number of hydrogen-bond donors (Lipinski definition) is 2. The van der Waals surface area contributed by atoms with Crippen molar-refractivity contribution in [2.45, 2.75) is 25.5 Å². The summed E-state index contributed by atoms with van der Waals surface area (Å²) in [7, 11) is -0.844. The van der Waals surface area contributed by atoms with Gasteiger partial charge in [-0.3, -0.25) is 4.21 Å². The molecule has 0 heterocycles. The molecule has 18 heavy (non-hydrogen) atoms. The van der Waals surface area contributed by atoms with E-state index in [0.717, 1.165) is 12.0 Å². The van der Waals surface area contributed by atoms with Crippen LogP contribution in [0.4, 0.5) is 5.69 Å².